The van der Waals surface area contributed by atoms with Crippen LogP contribution < -0.4 is 4.90 Å². The summed E-state index contributed by atoms with van der Waals surface area (Å²) in [5, 5.41) is 7.40. The normalized spacial score (nSPS) is 11.5. The highest BCUT2D eigenvalue weighted by atomic mass is 15.1. The monoisotopic (exact) mass is 662 g/mol. The van der Waals surface area contributed by atoms with Crippen LogP contribution in [0.1, 0.15) is 0 Å². The van der Waals surface area contributed by atoms with Crippen LogP contribution in [0.2, 0.25) is 0 Å². The zero-order valence-electron chi connectivity index (χ0n) is 28.5. The zero-order chi connectivity index (χ0) is 34.4. The molecule has 0 aliphatic rings. The molecule has 244 valence electrons. The van der Waals surface area contributed by atoms with Gasteiger partial charge in [-0.15, -0.1) is 0 Å². The molecule has 0 unspecified atom stereocenters. The molecule has 0 atom stereocenters. The molecular weight excluding hydrogens is 629 g/mol. The molecule has 2 nitrogen and oxygen atoms in total. The molecule has 0 amide bonds. The maximum absolute atomic E-state index is 2.48. The number of fused-ring (bicyclic) bond motifs is 6. The van der Waals surface area contributed by atoms with Gasteiger partial charge in [-0.1, -0.05) is 164 Å². The molecule has 10 rings (SSSR count). The molecule has 0 saturated heterocycles. The molecule has 2 heteroatoms. The molecule has 0 aliphatic carbocycles. The van der Waals surface area contributed by atoms with E-state index < -0.39 is 0 Å². The van der Waals surface area contributed by atoms with Gasteiger partial charge >= 0.3 is 0 Å². The van der Waals surface area contributed by atoms with Gasteiger partial charge in [0.25, 0.3) is 0 Å². The Hall–Kier alpha value is -6.90. The lowest BCUT2D eigenvalue weighted by atomic mass is 10.0. The average Bonchev–Trinajstić information content (AvgIpc) is 3.57. The maximum atomic E-state index is 2.48. The second-order valence-electron chi connectivity index (χ2n) is 13.3. The van der Waals surface area contributed by atoms with Crippen molar-refractivity contribution < 1.29 is 0 Å². The number of hydrogen-bond acceptors (Lipinski definition) is 1. The minimum atomic E-state index is 1.10. The summed E-state index contributed by atoms with van der Waals surface area (Å²) in [6, 6.07) is 74.6. The molecule has 9 aromatic carbocycles. The Morgan fingerprint density at radius 2 is 0.808 bits per heavy atom. The highest BCUT2D eigenvalue weighted by Gasteiger charge is 2.21. The highest BCUT2D eigenvalue weighted by Crippen LogP contribution is 2.44. The van der Waals surface area contributed by atoms with E-state index in [1.165, 1.54) is 71.3 Å². The molecule has 0 saturated carbocycles. The fourth-order valence-electron chi connectivity index (χ4n) is 7.93. The van der Waals surface area contributed by atoms with Gasteiger partial charge in [0.05, 0.1) is 22.4 Å². The van der Waals surface area contributed by atoms with Crippen LogP contribution in [0.5, 0.6) is 0 Å². The van der Waals surface area contributed by atoms with E-state index in [0.717, 1.165) is 17.1 Å². The van der Waals surface area contributed by atoms with Crippen LogP contribution in [-0.4, -0.2) is 4.57 Å². The number of hydrogen-bond donors (Lipinski definition) is 0. The zero-order valence-corrected chi connectivity index (χ0v) is 28.5. The van der Waals surface area contributed by atoms with Crippen LogP contribution in [-0.2, 0) is 0 Å². The van der Waals surface area contributed by atoms with Gasteiger partial charge < -0.3 is 9.47 Å². The van der Waals surface area contributed by atoms with Crippen LogP contribution in [0.4, 0.5) is 17.1 Å². The summed E-state index contributed by atoms with van der Waals surface area (Å²) in [6.07, 6.45) is 0. The third kappa shape index (κ3) is 4.96. The van der Waals surface area contributed by atoms with Crippen molar-refractivity contribution in [3.63, 3.8) is 0 Å². The molecule has 0 aliphatic heterocycles. The number of para-hydroxylation sites is 1. The minimum absolute atomic E-state index is 1.10. The van der Waals surface area contributed by atoms with Gasteiger partial charge in [0.2, 0.25) is 0 Å². The van der Waals surface area contributed by atoms with Crippen LogP contribution in [0.25, 0.3) is 71.3 Å². The van der Waals surface area contributed by atoms with Crippen molar-refractivity contribution in [2.24, 2.45) is 0 Å². The molecule has 0 radical (unpaired) electrons. The van der Waals surface area contributed by atoms with Crippen molar-refractivity contribution in [3.05, 3.63) is 206 Å². The van der Waals surface area contributed by atoms with Gasteiger partial charge in [0, 0.05) is 38.3 Å². The van der Waals surface area contributed by atoms with Crippen molar-refractivity contribution in [3.8, 4) is 27.9 Å². The van der Waals surface area contributed by atoms with Crippen LogP contribution in [0.3, 0.4) is 0 Å². The van der Waals surface area contributed by atoms with E-state index in [1.807, 2.05) is 0 Å². The van der Waals surface area contributed by atoms with Crippen molar-refractivity contribution >= 4 is 60.4 Å². The standard InChI is InChI=1S/C50H34N2/c1-3-13-35(14-4-1)37-23-28-40(29-24-37)51(41-30-25-38(26-31-41)36-15-5-2-6-16-36)48-33-34-49(44-20-10-9-19-43(44)48)52-47-22-12-11-21-45(47)46-32-27-39-17-7-8-18-42(39)50(46)52/h1-34H. The maximum Gasteiger partial charge on any atom is 0.0619 e. The molecule has 1 heterocycles. The Morgan fingerprint density at radius 1 is 0.308 bits per heavy atom. The van der Waals surface area contributed by atoms with Gasteiger partial charge in [-0.25, -0.2) is 0 Å². The van der Waals surface area contributed by atoms with Crippen molar-refractivity contribution in [2.75, 3.05) is 4.90 Å². The van der Waals surface area contributed by atoms with Crippen LogP contribution in [0, 0.1) is 0 Å². The molecular formula is C50H34N2. The number of benzene rings is 9. The Bertz CT molecular complexity index is 2790. The molecule has 0 fully saturated rings. The van der Waals surface area contributed by atoms with Crippen LogP contribution in [0.15, 0.2) is 206 Å². The van der Waals surface area contributed by atoms with E-state index in [4.69, 9.17) is 0 Å². The highest BCUT2D eigenvalue weighted by molar-refractivity contribution is 6.19. The van der Waals surface area contributed by atoms with Crippen LogP contribution >= 0.6 is 0 Å². The summed E-state index contributed by atoms with van der Waals surface area (Å²) in [7, 11) is 0. The second kappa shape index (κ2) is 12.5. The SMILES string of the molecule is c1ccc(-c2ccc(N(c3ccc(-c4ccccc4)cc3)c3ccc(-n4c5ccccc5c5ccc6ccccc6c54)c4ccccc34)cc2)cc1. The summed E-state index contributed by atoms with van der Waals surface area (Å²) in [4.78, 5) is 2.40. The number of anilines is 3. The first-order valence-electron chi connectivity index (χ1n) is 17.9. The topological polar surface area (TPSA) is 8.17 Å². The summed E-state index contributed by atoms with van der Waals surface area (Å²) in [5.74, 6) is 0. The Balaban J connectivity index is 1.20. The molecule has 1 aromatic heterocycles. The lowest BCUT2D eigenvalue weighted by Gasteiger charge is -2.28. The van der Waals surface area contributed by atoms with E-state index in [0.29, 0.717) is 0 Å². The van der Waals surface area contributed by atoms with Gasteiger partial charge in [0.15, 0.2) is 0 Å². The van der Waals surface area contributed by atoms with Gasteiger partial charge in [-0.2, -0.15) is 0 Å². The number of nitrogens with zero attached hydrogens (tertiary/aromatic N) is 2. The predicted molar refractivity (Wildman–Crippen MR) is 221 cm³/mol. The van der Waals surface area contributed by atoms with Crippen molar-refractivity contribution in [2.45, 2.75) is 0 Å². The Labute approximate surface area is 303 Å². The lowest BCUT2D eigenvalue weighted by Crippen LogP contribution is -2.11. The Morgan fingerprint density at radius 3 is 1.44 bits per heavy atom. The first kappa shape index (κ1) is 30.0. The van der Waals surface area contributed by atoms with E-state index in [1.54, 1.807) is 0 Å². The summed E-state index contributed by atoms with van der Waals surface area (Å²) in [5.41, 5.74) is 11.8. The Kier molecular flexibility index (Phi) is 7.18. The average molecular weight is 663 g/mol. The first-order valence-corrected chi connectivity index (χ1v) is 17.9. The van der Waals surface area contributed by atoms with Gasteiger partial charge in [-0.3, -0.25) is 0 Å². The summed E-state index contributed by atoms with van der Waals surface area (Å²) in [6.45, 7) is 0. The third-order valence-corrected chi connectivity index (χ3v) is 10.4. The third-order valence-electron chi connectivity index (χ3n) is 10.4. The summed E-state index contributed by atoms with van der Waals surface area (Å²) < 4.78 is 2.48. The molecule has 0 N–H and O–H groups in total. The van der Waals surface area contributed by atoms with Gasteiger partial charge in [0.1, 0.15) is 0 Å². The number of rotatable bonds is 6. The van der Waals surface area contributed by atoms with E-state index in [2.05, 4.69) is 216 Å². The quantitative estimate of drug-likeness (QED) is 0.172. The molecule has 0 spiro atoms. The van der Waals surface area contributed by atoms with Crippen molar-refractivity contribution in [1.29, 1.82) is 0 Å². The molecule has 10 aromatic rings. The molecule has 52 heavy (non-hydrogen) atoms. The lowest BCUT2D eigenvalue weighted by molar-refractivity contribution is 1.20. The van der Waals surface area contributed by atoms with E-state index >= 15 is 0 Å². The fourth-order valence-corrected chi connectivity index (χ4v) is 7.93. The second-order valence-corrected chi connectivity index (χ2v) is 13.3. The van der Waals surface area contributed by atoms with E-state index in [9.17, 15) is 0 Å². The van der Waals surface area contributed by atoms with Crippen molar-refractivity contribution in [1.82, 2.24) is 4.57 Å². The van der Waals surface area contributed by atoms with Gasteiger partial charge in [-0.05, 0) is 70.1 Å². The first-order chi connectivity index (χ1) is 25.8. The smallest absolute Gasteiger partial charge is 0.0619 e. The molecule has 0 bridgehead atoms. The number of aromatic nitrogens is 1. The predicted octanol–water partition coefficient (Wildman–Crippen LogP) is 13.9. The summed E-state index contributed by atoms with van der Waals surface area (Å²) >= 11 is 0. The fraction of sp³-hybridized carbons (Fsp3) is 0. The largest absolute Gasteiger partial charge is 0.310 e. The van der Waals surface area contributed by atoms with E-state index in [-0.39, 0.29) is 0 Å². The minimum Gasteiger partial charge on any atom is -0.310 e.